The van der Waals surface area contributed by atoms with Gasteiger partial charge in [-0.25, -0.2) is 8.78 Å². The highest BCUT2D eigenvalue weighted by Gasteiger charge is 2.50. The fourth-order valence-electron chi connectivity index (χ4n) is 0.557. The van der Waals surface area contributed by atoms with E-state index in [4.69, 9.17) is 6.42 Å². The van der Waals surface area contributed by atoms with Crippen LogP contribution in [0.5, 0.6) is 0 Å². The summed E-state index contributed by atoms with van der Waals surface area (Å²) in [6.07, 6.45) is 0.697. The highest BCUT2D eigenvalue weighted by molar-refractivity contribution is 5.83. The molecule has 0 aromatic carbocycles. The van der Waals surface area contributed by atoms with Gasteiger partial charge in [0.2, 0.25) is 0 Å². The third kappa shape index (κ3) is 2.61. The van der Waals surface area contributed by atoms with Crippen LogP contribution in [0, 0.1) is 12.3 Å². The molecule has 13 heavy (non-hydrogen) atoms. The van der Waals surface area contributed by atoms with Gasteiger partial charge < -0.3 is 4.90 Å². The molecule has 0 rings (SSSR count). The second-order valence-electron chi connectivity index (χ2n) is 2.29. The highest BCUT2D eigenvalue weighted by Crippen LogP contribution is 2.24. The molecule has 6 heteroatoms. The second-order valence-corrected chi connectivity index (χ2v) is 2.29. The molecule has 0 radical (unpaired) electrons. The molecule has 1 amide bonds. The van der Waals surface area contributed by atoms with Gasteiger partial charge in [0.25, 0.3) is 5.91 Å². The summed E-state index contributed by atoms with van der Waals surface area (Å²) in [6, 6.07) is 0. The molecule has 0 heterocycles. The van der Waals surface area contributed by atoms with E-state index in [0.29, 0.717) is 4.90 Å². The van der Waals surface area contributed by atoms with Gasteiger partial charge >= 0.3 is 12.3 Å². The van der Waals surface area contributed by atoms with E-state index in [2.05, 4.69) is 0 Å². The fraction of sp³-hybridized carbons (Fsp3) is 0.571. The number of halogens is 4. The topological polar surface area (TPSA) is 20.3 Å². The summed E-state index contributed by atoms with van der Waals surface area (Å²) in [7, 11) is 0.929. The molecule has 0 bridgehead atoms. The van der Waals surface area contributed by atoms with Crippen LogP contribution in [0.1, 0.15) is 0 Å². The van der Waals surface area contributed by atoms with Crippen molar-refractivity contribution >= 4 is 5.91 Å². The molecule has 0 aromatic rings. The first-order valence-electron chi connectivity index (χ1n) is 3.19. The molecule has 0 aliphatic heterocycles. The molecule has 0 spiro atoms. The third-order valence-electron chi connectivity index (χ3n) is 1.23. The average molecular weight is 197 g/mol. The van der Waals surface area contributed by atoms with E-state index >= 15 is 0 Å². The summed E-state index contributed by atoms with van der Waals surface area (Å²) in [6.45, 7) is -0.429. The molecular weight excluding hydrogens is 190 g/mol. The van der Waals surface area contributed by atoms with Crippen LogP contribution in [0.2, 0.25) is 0 Å². The molecule has 0 aliphatic rings. The number of carbonyl (C=O) groups is 1. The lowest BCUT2D eigenvalue weighted by Crippen LogP contribution is -2.46. The fourth-order valence-corrected chi connectivity index (χ4v) is 0.557. The van der Waals surface area contributed by atoms with Crippen molar-refractivity contribution in [2.24, 2.45) is 0 Å². The van der Waals surface area contributed by atoms with Gasteiger partial charge in [-0.3, -0.25) is 4.79 Å². The van der Waals surface area contributed by atoms with Crippen molar-refractivity contribution in [1.82, 2.24) is 4.90 Å². The lowest BCUT2D eigenvalue weighted by molar-refractivity contribution is -0.178. The van der Waals surface area contributed by atoms with Crippen LogP contribution < -0.4 is 0 Å². The summed E-state index contributed by atoms with van der Waals surface area (Å²) in [5.74, 6) is -4.75. The van der Waals surface area contributed by atoms with Gasteiger partial charge in [0.15, 0.2) is 0 Å². The lowest BCUT2D eigenvalue weighted by atomic mass is 10.3. The Morgan fingerprint density at radius 2 is 2.08 bits per heavy atom. The first-order chi connectivity index (χ1) is 5.84. The molecule has 0 unspecified atom stereocenters. The molecule has 0 atom stereocenters. The SMILES string of the molecule is C#CCN(C)C(=O)C(F)(F)C(F)F. The Morgan fingerprint density at radius 3 is 2.38 bits per heavy atom. The molecule has 0 aromatic heterocycles. The van der Waals surface area contributed by atoms with E-state index in [1.807, 2.05) is 5.92 Å². The monoisotopic (exact) mass is 197 g/mol. The smallest absolute Gasteiger partial charge is 0.329 e. The predicted molar refractivity (Wildman–Crippen MR) is 37.4 cm³/mol. The van der Waals surface area contributed by atoms with Gasteiger partial charge in [0.1, 0.15) is 0 Å². The Labute approximate surface area is 72.5 Å². The number of rotatable bonds is 3. The summed E-state index contributed by atoms with van der Waals surface area (Å²) < 4.78 is 47.8. The largest absolute Gasteiger partial charge is 0.383 e. The van der Waals surface area contributed by atoms with E-state index in [9.17, 15) is 22.4 Å². The zero-order valence-electron chi connectivity index (χ0n) is 6.73. The number of alkyl halides is 4. The van der Waals surface area contributed by atoms with E-state index < -0.39 is 24.8 Å². The Kier molecular flexibility index (Phi) is 3.72. The number of terminal acetylenes is 1. The van der Waals surface area contributed by atoms with E-state index in [0.717, 1.165) is 7.05 Å². The van der Waals surface area contributed by atoms with Gasteiger partial charge in [0.05, 0.1) is 6.54 Å². The minimum atomic E-state index is -4.66. The van der Waals surface area contributed by atoms with E-state index in [1.54, 1.807) is 0 Å². The summed E-state index contributed by atoms with van der Waals surface area (Å²) in [4.78, 5) is 11.0. The van der Waals surface area contributed by atoms with Gasteiger partial charge in [-0.2, -0.15) is 8.78 Å². The Hall–Kier alpha value is -1.25. The van der Waals surface area contributed by atoms with Gasteiger partial charge in [-0.1, -0.05) is 5.92 Å². The standard InChI is InChI=1S/C7H7F4NO/c1-3-4-12(2)6(13)7(10,11)5(8)9/h1,5H,4H2,2H3. The van der Waals surface area contributed by atoms with E-state index in [-0.39, 0.29) is 0 Å². The van der Waals surface area contributed by atoms with Crippen molar-refractivity contribution in [3.8, 4) is 12.3 Å². The van der Waals surface area contributed by atoms with Crippen molar-refractivity contribution in [3.63, 3.8) is 0 Å². The molecule has 0 saturated heterocycles. The zero-order valence-corrected chi connectivity index (χ0v) is 6.73. The van der Waals surface area contributed by atoms with Gasteiger partial charge in [-0.15, -0.1) is 6.42 Å². The number of carbonyl (C=O) groups excluding carboxylic acids is 1. The molecule has 2 nitrogen and oxygen atoms in total. The van der Waals surface area contributed by atoms with E-state index in [1.165, 1.54) is 0 Å². The molecule has 0 aliphatic carbocycles. The minimum absolute atomic E-state index is 0.367. The average Bonchev–Trinajstić information content (AvgIpc) is 2.03. The molecule has 0 fully saturated rings. The van der Waals surface area contributed by atoms with Crippen LogP contribution >= 0.6 is 0 Å². The molecule has 74 valence electrons. The Balaban J connectivity index is 4.51. The summed E-state index contributed by atoms with van der Waals surface area (Å²) >= 11 is 0. The van der Waals surface area contributed by atoms with Crippen molar-refractivity contribution in [1.29, 1.82) is 0 Å². The van der Waals surface area contributed by atoms with Crippen LogP contribution in [-0.4, -0.2) is 36.7 Å². The summed E-state index contributed by atoms with van der Waals surface area (Å²) in [5.41, 5.74) is 0. The first-order valence-corrected chi connectivity index (χ1v) is 3.19. The first kappa shape index (κ1) is 11.8. The predicted octanol–water partition coefficient (Wildman–Crippen LogP) is 0.978. The van der Waals surface area contributed by atoms with Crippen molar-refractivity contribution < 1.29 is 22.4 Å². The van der Waals surface area contributed by atoms with Gasteiger partial charge in [-0.05, 0) is 0 Å². The highest BCUT2D eigenvalue weighted by atomic mass is 19.3. The van der Waals surface area contributed by atoms with Crippen LogP contribution in [0.25, 0.3) is 0 Å². The van der Waals surface area contributed by atoms with Crippen molar-refractivity contribution in [2.75, 3.05) is 13.6 Å². The Bertz CT molecular complexity index is 233. The quantitative estimate of drug-likeness (QED) is 0.487. The molecular formula is C7H7F4NO. The Morgan fingerprint density at radius 1 is 1.62 bits per heavy atom. The molecule has 0 saturated carbocycles. The maximum absolute atomic E-state index is 12.3. The number of hydrogen-bond acceptors (Lipinski definition) is 1. The van der Waals surface area contributed by atoms with Crippen LogP contribution in [0.3, 0.4) is 0 Å². The van der Waals surface area contributed by atoms with Crippen molar-refractivity contribution in [3.05, 3.63) is 0 Å². The van der Waals surface area contributed by atoms with Gasteiger partial charge in [0, 0.05) is 7.05 Å². The maximum Gasteiger partial charge on any atom is 0.383 e. The summed E-state index contributed by atoms with van der Waals surface area (Å²) in [5, 5.41) is 0. The normalized spacial score (nSPS) is 11.2. The lowest BCUT2D eigenvalue weighted by Gasteiger charge is -2.20. The van der Waals surface area contributed by atoms with Crippen LogP contribution in [-0.2, 0) is 4.79 Å². The number of nitrogens with zero attached hydrogens (tertiary/aromatic N) is 1. The maximum atomic E-state index is 12.3. The number of amides is 1. The number of hydrogen-bond donors (Lipinski definition) is 0. The van der Waals surface area contributed by atoms with Crippen molar-refractivity contribution in [2.45, 2.75) is 12.3 Å². The zero-order chi connectivity index (χ0) is 10.6. The second kappa shape index (κ2) is 4.12. The van der Waals surface area contributed by atoms with Crippen LogP contribution in [0.4, 0.5) is 17.6 Å². The van der Waals surface area contributed by atoms with Crippen LogP contribution in [0.15, 0.2) is 0 Å². The molecule has 0 N–H and O–H groups in total. The minimum Gasteiger partial charge on any atom is -0.329 e. The third-order valence-corrected chi connectivity index (χ3v) is 1.23.